The van der Waals surface area contributed by atoms with Gasteiger partial charge in [0.15, 0.2) is 5.60 Å². The molecule has 0 heterocycles. The summed E-state index contributed by atoms with van der Waals surface area (Å²) in [6.45, 7) is 8.11. The van der Waals surface area contributed by atoms with Crippen molar-refractivity contribution in [3.63, 3.8) is 0 Å². The van der Waals surface area contributed by atoms with E-state index in [1.807, 2.05) is 12.1 Å². The Bertz CT molecular complexity index is 785. The molecule has 2 rings (SSSR count). The van der Waals surface area contributed by atoms with Crippen molar-refractivity contribution in [1.82, 2.24) is 0 Å². The molecule has 0 aromatic heterocycles. The van der Waals surface area contributed by atoms with E-state index in [1.54, 1.807) is 18.2 Å². The van der Waals surface area contributed by atoms with Crippen molar-refractivity contribution in [2.24, 2.45) is 0 Å². The number of carbonyl (C=O) groups is 1. The Kier molecular flexibility index (Phi) is 6.04. The van der Waals surface area contributed by atoms with Crippen LogP contribution in [0.4, 0.5) is 11.4 Å². The van der Waals surface area contributed by atoms with Crippen LogP contribution in [-0.4, -0.2) is 23.2 Å². The van der Waals surface area contributed by atoms with Crippen molar-refractivity contribution in [3.05, 3.63) is 62.5 Å². The molecule has 0 fully saturated rings. The topological polar surface area (TPSA) is 62.9 Å². The average molecular weight is 457 g/mol. The summed E-state index contributed by atoms with van der Waals surface area (Å²) in [5.41, 5.74) is -1.04. The fourth-order valence-corrected chi connectivity index (χ4v) is 2.34. The number of hydrogen-bond acceptors (Lipinski definition) is 3. The average Bonchev–Trinajstić information content (AvgIpc) is 2.54. The smallest absolute Gasteiger partial charge is 0.259 e. The van der Waals surface area contributed by atoms with Crippen LogP contribution in [0.3, 0.4) is 0 Å². The van der Waals surface area contributed by atoms with Gasteiger partial charge >= 0.3 is 0 Å². The molecule has 2 aromatic rings. The number of benzene rings is 2. The van der Waals surface area contributed by atoms with E-state index >= 15 is 0 Å². The summed E-state index contributed by atoms with van der Waals surface area (Å²) in [6, 6.07) is 11.8. The number of ether oxygens (including phenoxy) is 1. The summed E-state index contributed by atoms with van der Waals surface area (Å²) in [4.78, 5) is 15.5. The first kappa shape index (κ1) is 18.5. The highest BCUT2D eigenvalue weighted by atomic mass is 127. The zero-order chi connectivity index (χ0) is 17.7. The molecule has 1 amide bonds. The number of amides is 1. The molecule has 1 atom stereocenters. The number of rotatable bonds is 5. The van der Waals surface area contributed by atoms with Crippen molar-refractivity contribution in [1.29, 1.82) is 0 Å². The largest absolute Gasteiger partial charge is 0.490 e. The molecule has 0 unspecified atom stereocenters. The van der Waals surface area contributed by atoms with Crippen LogP contribution < -0.4 is 10.1 Å². The van der Waals surface area contributed by atoms with Gasteiger partial charge in [-0.3, -0.25) is 4.79 Å². The first-order valence-electron chi connectivity index (χ1n) is 6.91. The highest BCUT2D eigenvalue weighted by Crippen LogP contribution is 2.28. The number of hydrogen-bond donors (Lipinski definition) is 2. The molecule has 124 valence electrons. The van der Waals surface area contributed by atoms with Crippen LogP contribution in [-0.2, 0) is 4.79 Å². The summed E-state index contributed by atoms with van der Waals surface area (Å²) >= 11 is 8.10. The van der Waals surface area contributed by atoms with E-state index in [2.05, 4.69) is 32.8 Å². The molecule has 0 radical (unpaired) electrons. The molecule has 0 saturated heterocycles. The molecule has 0 aliphatic rings. The van der Waals surface area contributed by atoms with Gasteiger partial charge < -0.3 is 15.2 Å². The van der Waals surface area contributed by atoms with Gasteiger partial charge in [-0.25, -0.2) is 4.85 Å². The van der Waals surface area contributed by atoms with Crippen molar-refractivity contribution in [2.45, 2.75) is 12.5 Å². The lowest BCUT2D eigenvalue weighted by Gasteiger charge is -2.22. The number of anilines is 1. The van der Waals surface area contributed by atoms with Gasteiger partial charge in [-0.1, -0.05) is 17.7 Å². The van der Waals surface area contributed by atoms with Crippen molar-refractivity contribution >= 4 is 51.5 Å². The molecule has 2 N–H and O–H groups in total. The van der Waals surface area contributed by atoms with E-state index in [1.165, 1.54) is 19.1 Å². The van der Waals surface area contributed by atoms with Crippen LogP contribution in [0, 0.1) is 10.1 Å². The Labute approximate surface area is 158 Å². The third-order valence-electron chi connectivity index (χ3n) is 3.15. The second-order valence-electron chi connectivity index (χ2n) is 5.25. The maximum absolute atomic E-state index is 12.2. The minimum absolute atomic E-state index is 0.201. The third-order valence-corrected chi connectivity index (χ3v) is 4.17. The lowest BCUT2D eigenvalue weighted by atomic mass is 10.1. The summed E-state index contributed by atoms with van der Waals surface area (Å²) in [7, 11) is 0. The lowest BCUT2D eigenvalue weighted by molar-refractivity contribution is -0.135. The SMILES string of the molecule is [C-]#[N+]c1ccc(NC(=O)[C@@](C)(O)COc2ccc(I)cc2)cc1Cl. The Hall–Kier alpha value is -1.82. The van der Waals surface area contributed by atoms with Gasteiger partial charge in [-0.2, -0.15) is 0 Å². The molecule has 0 bridgehead atoms. The Morgan fingerprint density at radius 3 is 2.62 bits per heavy atom. The summed E-state index contributed by atoms with van der Waals surface area (Å²) in [5, 5.41) is 13.1. The molecule has 2 aromatic carbocycles. The predicted octanol–water partition coefficient (Wildman–Crippen LogP) is 4.26. The van der Waals surface area contributed by atoms with Gasteiger partial charge in [0.1, 0.15) is 12.4 Å². The van der Waals surface area contributed by atoms with E-state index < -0.39 is 11.5 Å². The first-order chi connectivity index (χ1) is 11.3. The highest BCUT2D eigenvalue weighted by Gasteiger charge is 2.31. The second kappa shape index (κ2) is 7.83. The van der Waals surface area contributed by atoms with Crippen molar-refractivity contribution < 1.29 is 14.6 Å². The van der Waals surface area contributed by atoms with Crippen LogP contribution in [0.2, 0.25) is 5.02 Å². The Balaban J connectivity index is 2.00. The fraction of sp³-hybridized carbons (Fsp3) is 0.176. The van der Waals surface area contributed by atoms with Gasteiger partial charge in [0.25, 0.3) is 5.91 Å². The molecular formula is C17H14ClIN2O3. The van der Waals surface area contributed by atoms with Crippen LogP contribution in [0.5, 0.6) is 5.75 Å². The monoisotopic (exact) mass is 456 g/mol. The zero-order valence-electron chi connectivity index (χ0n) is 12.7. The van der Waals surface area contributed by atoms with Crippen LogP contribution in [0.15, 0.2) is 42.5 Å². The zero-order valence-corrected chi connectivity index (χ0v) is 15.6. The van der Waals surface area contributed by atoms with E-state index in [9.17, 15) is 9.90 Å². The van der Waals surface area contributed by atoms with Crippen LogP contribution in [0.1, 0.15) is 6.92 Å². The molecule has 0 spiro atoms. The normalized spacial score (nSPS) is 12.8. The summed E-state index contributed by atoms with van der Waals surface area (Å²) < 4.78 is 6.52. The highest BCUT2D eigenvalue weighted by molar-refractivity contribution is 14.1. The number of carbonyl (C=O) groups excluding carboxylic acids is 1. The number of aliphatic hydroxyl groups is 1. The number of nitrogens with one attached hydrogen (secondary N) is 1. The van der Waals surface area contributed by atoms with Crippen LogP contribution in [0.25, 0.3) is 4.85 Å². The molecule has 0 aliphatic heterocycles. The molecule has 24 heavy (non-hydrogen) atoms. The Morgan fingerprint density at radius 1 is 1.38 bits per heavy atom. The molecule has 0 saturated carbocycles. The van der Waals surface area contributed by atoms with Gasteiger partial charge in [0.05, 0.1) is 6.57 Å². The van der Waals surface area contributed by atoms with E-state index in [0.717, 1.165) is 3.57 Å². The van der Waals surface area contributed by atoms with Gasteiger partial charge in [-0.15, -0.1) is 0 Å². The van der Waals surface area contributed by atoms with E-state index in [-0.39, 0.29) is 11.6 Å². The number of nitrogens with zero attached hydrogens (tertiary/aromatic N) is 1. The molecule has 5 nitrogen and oxygen atoms in total. The van der Waals surface area contributed by atoms with E-state index in [0.29, 0.717) is 17.1 Å². The van der Waals surface area contributed by atoms with Crippen LogP contribution >= 0.6 is 34.2 Å². The molecular weight excluding hydrogens is 443 g/mol. The van der Waals surface area contributed by atoms with Gasteiger partial charge in [0, 0.05) is 14.3 Å². The maximum Gasteiger partial charge on any atom is 0.259 e. The third kappa shape index (κ3) is 4.84. The van der Waals surface area contributed by atoms with Crippen molar-refractivity contribution in [2.75, 3.05) is 11.9 Å². The molecule has 7 heteroatoms. The fourth-order valence-electron chi connectivity index (χ4n) is 1.76. The predicted molar refractivity (Wildman–Crippen MR) is 102 cm³/mol. The van der Waals surface area contributed by atoms with E-state index in [4.69, 9.17) is 22.9 Å². The minimum Gasteiger partial charge on any atom is -0.490 e. The standard InChI is InChI=1S/C17H14ClIN2O3/c1-17(23,10-24-13-6-3-11(19)4-7-13)16(22)21-12-5-8-15(20-2)14(18)9-12/h3-9,23H,10H2,1H3,(H,21,22)/t17-/m0/s1. The first-order valence-corrected chi connectivity index (χ1v) is 8.37. The maximum atomic E-state index is 12.2. The van der Waals surface area contributed by atoms with Crippen molar-refractivity contribution in [3.8, 4) is 5.75 Å². The molecule has 0 aliphatic carbocycles. The lowest BCUT2D eigenvalue weighted by Crippen LogP contribution is -2.45. The summed E-state index contributed by atoms with van der Waals surface area (Å²) in [5.74, 6) is -0.0624. The van der Waals surface area contributed by atoms with Gasteiger partial charge in [0.2, 0.25) is 5.69 Å². The second-order valence-corrected chi connectivity index (χ2v) is 6.90. The number of halogens is 2. The Morgan fingerprint density at radius 2 is 2.04 bits per heavy atom. The summed E-state index contributed by atoms with van der Waals surface area (Å²) in [6.07, 6.45) is 0. The van der Waals surface area contributed by atoms with Gasteiger partial charge in [-0.05, 0) is 65.9 Å². The minimum atomic E-state index is -1.73. The quantitative estimate of drug-likeness (QED) is 0.522.